The first-order valence-electron chi connectivity index (χ1n) is 14.3. The monoisotopic (exact) mass is 625 g/mol. The molecule has 5 rings (SSSR count). The third-order valence-corrected chi connectivity index (χ3v) is 7.88. The summed E-state index contributed by atoms with van der Waals surface area (Å²) in [6.45, 7) is 0.790. The Morgan fingerprint density at radius 1 is 1.05 bits per heavy atom. The molecule has 2 aromatic carbocycles. The molecule has 2 atom stereocenters. The highest BCUT2D eigenvalue weighted by Crippen LogP contribution is 2.36. The van der Waals surface area contributed by atoms with Crippen LogP contribution in [-0.4, -0.2) is 72.2 Å². The van der Waals surface area contributed by atoms with Crippen LogP contribution in [0.15, 0.2) is 48.8 Å². The minimum atomic E-state index is -0.882. The van der Waals surface area contributed by atoms with Crippen LogP contribution in [0.2, 0.25) is 5.02 Å². The number of rotatable bonds is 11. The minimum Gasteiger partial charge on any atom is -0.491 e. The van der Waals surface area contributed by atoms with Crippen LogP contribution in [0.4, 0.5) is 21.6 Å². The van der Waals surface area contributed by atoms with Gasteiger partial charge in [-0.25, -0.2) is 23.9 Å². The summed E-state index contributed by atoms with van der Waals surface area (Å²) in [4.78, 5) is 48.1. The Balaban J connectivity index is 1.37. The van der Waals surface area contributed by atoms with Crippen LogP contribution in [0, 0.1) is 11.7 Å². The number of fused-ring (bicyclic) bond motifs is 1. The number of likely N-dealkylation sites (tertiary alicyclic amines) is 1. The number of piperidine rings is 1. The fourth-order valence-corrected chi connectivity index (χ4v) is 5.28. The summed E-state index contributed by atoms with van der Waals surface area (Å²) in [5.41, 5.74) is 1.82. The number of nitrogens with one attached hydrogen (secondary N) is 2. The normalized spacial score (nSPS) is 18.2. The average Bonchev–Trinajstić information content (AvgIpc) is 3.87. The second-order valence-corrected chi connectivity index (χ2v) is 11.0. The van der Waals surface area contributed by atoms with Gasteiger partial charge in [0.2, 0.25) is 5.91 Å². The van der Waals surface area contributed by atoms with Crippen LogP contribution in [0.3, 0.4) is 0 Å². The molecule has 13 heteroatoms. The van der Waals surface area contributed by atoms with Gasteiger partial charge in [-0.05, 0) is 62.3 Å². The summed E-state index contributed by atoms with van der Waals surface area (Å²) in [6.07, 6.45) is 7.94. The van der Waals surface area contributed by atoms with Crippen molar-refractivity contribution in [1.82, 2.24) is 14.9 Å². The number of ether oxygens (including phenoxy) is 3. The van der Waals surface area contributed by atoms with Gasteiger partial charge in [0.1, 0.15) is 35.8 Å². The number of carbonyl (C=O) groups is 3. The number of aromatic nitrogens is 2. The quantitative estimate of drug-likeness (QED) is 0.221. The number of hydrogen-bond donors (Lipinski definition) is 2. The Labute approximate surface area is 258 Å². The Morgan fingerprint density at radius 2 is 1.77 bits per heavy atom. The van der Waals surface area contributed by atoms with Crippen LogP contribution >= 0.6 is 11.6 Å². The zero-order valence-electron chi connectivity index (χ0n) is 24.3. The van der Waals surface area contributed by atoms with Gasteiger partial charge in [0.05, 0.1) is 37.1 Å². The van der Waals surface area contributed by atoms with E-state index in [1.165, 1.54) is 43.7 Å². The number of anilines is 3. The second-order valence-electron chi connectivity index (χ2n) is 10.6. The second kappa shape index (κ2) is 13.9. The summed E-state index contributed by atoms with van der Waals surface area (Å²) >= 11 is 5.96. The predicted molar refractivity (Wildman–Crippen MR) is 162 cm³/mol. The van der Waals surface area contributed by atoms with Crippen molar-refractivity contribution in [3.63, 3.8) is 0 Å². The number of esters is 2. The molecule has 0 spiro atoms. The van der Waals surface area contributed by atoms with Crippen LogP contribution < -0.4 is 15.4 Å². The SMILES string of the molecule is COC(=O)C1CCCC(C(=O)OC)N1C(=O)/C=C\CNc1cc2c(Nc3ccc(F)c(Cl)c3)ncnc2cc1OCC1CC1. The van der Waals surface area contributed by atoms with Crippen molar-refractivity contribution in [3.05, 3.63) is 59.7 Å². The number of halogens is 2. The number of hydrogen-bond acceptors (Lipinski definition) is 10. The molecular weight excluding hydrogens is 593 g/mol. The molecule has 2 aliphatic rings. The van der Waals surface area contributed by atoms with Gasteiger partial charge >= 0.3 is 11.9 Å². The van der Waals surface area contributed by atoms with E-state index in [1.807, 2.05) is 12.1 Å². The molecule has 2 N–H and O–H groups in total. The highest BCUT2D eigenvalue weighted by atomic mass is 35.5. The number of amides is 1. The largest absolute Gasteiger partial charge is 0.491 e. The summed E-state index contributed by atoms with van der Waals surface area (Å²) < 4.78 is 29.6. The lowest BCUT2D eigenvalue weighted by Gasteiger charge is -2.38. The maximum Gasteiger partial charge on any atom is 0.328 e. The molecule has 2 unspecified atom stereocenters. The van der Waals surface area contributed by atoms with E-state index >= 15 is 0 Å². The van der Waals surface area contributed by atoms with Crippen molar-refractivity contribution >= 4 is 57.5 Å². The summed E-state index contributed by atoms with van der Waals surface area (Å²) in [5.74, 6) is -0.611. The molecule has 1 aliphatic carbocycles. The molecule has 3 aromatic rings. The summed E-state index contributed by atoms with van der Waals surface area (Å²) in [6, 6.07) is 6.18. The molecule has 0 radical (unpaired) electrons. The van der Waals surface area contributed by atoms with E-state index in [0.717, 1.165) is 12.8 Å². The van der Waals surface area contributed by atoms with Gasteiger partial charge in [0.25, 0.3) is 0 Å². The lowest BCUT2D eigenvalue weighted by Crippen LogP contribution is -2.56. The van der Waals surface area contributed by atoms with Crippen molar-refractivity contribution in [2.24, 2.45) is 5.92 Å². The molecule has 1 saturated carbocycles. The van der Waals surface area contributed by atoms with Crippen LogP contribution in [0.1, 0.15) is 32.1 Å². The maximum absolute atomic E-state index is 13.7. The highest BCUT2D eigenvalue weighted by Gasteiger charge is 2.41. The van der Waals surface area contributed by atoms with Crippen molar-refractivity contribution in [3.8, 4) is 5.75 Å². The average molecular weight is 626 g/mol. The van der Waals surface area contributed by atoms with Gasteiger partial charge < -0.3 is 29.7 Å². The van der Waals surface area contributed by atoms with E-state index in [1.54, 1.807) is 12.1 Å². The van der Waals surface area contributed by atoms with Crippen LogP contribution in [-0.2, 0) is 23.9 Å². The van der Waals surface area contributed by atoms with Crippen molar-refractivity contribution in [1.29, 1.82) is 0 Å². The molecule has 44 heavy (non-hydrogen) atoms. The molecule has 1 saturated heterocycles. The van der Waals surface area contributed by atoms with Gasteiger partial charge in [-0.15, -0.1) is 0 Å². The Hall–Kier alpha value is -4.45. The zero-order valence-corrected chi connectivity index (χ0v) is 25.1. The summed E-state index contributed by atoms with van der Waals surface area (Å²) in [5, 5.41) is 7.10. The number of benzene rings is 2. The number of nitrogens with zero attached hydrogens (tertiary/aromatic N) is 3. The Morgan fingerprint density at radius 3 is 2.43 bits per heavy atom. The summed E-state index contributed by atoms with van der Waals surface area (Å²) in [7, 11) is 2.50. The third kappa shape index (κ3) is 7.19. The topological polar surface area (TPSA) is 132 Å². The smallest absolute Gasteiger partial charge is 0.328 e. The number of carbonyl (C=O) groups excluding carboxylic acids is 3. The van der Waals surface area contributed by atoms with E-state index < -0.39 is 35.7 Å². The zero-order chi connectivity index (χ0) is 31.2. The molecular formula is C31H33ClFN5O6. The predicted octanol–water partition coefficient (Wildman–Crippen LogP) is 5.02. The van der Waals surface area contributed by atoms with Crippen molar-refractivity contribution in [2.45, 2.75) is 44.2 Å². The molecule has 232 valence electrons. The number of methoxy groups -OCH3 is 2. The lowest BCUT2D eigenvalue weighted by molar-refractivity contribution is -0.163. The van der Waals surface area contributed by atoms with E-state index in [0.29, 0.717) is 65.6 Å². The van der Waals surface area contributed by atoms with Crippen molar-refractivity contribution < 1.29 is 33.0 Å². The first kappa shape index (κ1) is 31.0. The molecule has 0 bridgehead atoms. The van der Waals surface area contributed by atoms with Crippen LogP contribution in [0.25, 0.3) is 10.9 Å². The van der Waals surface area contributed by atoms with Crippen molar-refractivity contribution in [2.75, 3.05) is 38.0 Å². The molecule has 1 aliphatic heterocycles. The Kier molecular flexibility index (Phi) is 9.78. The van der Waals surface area contributed by atoms with E-state index in [9.17, 15) is 18.8 Å². The maximum atomic E-state index is 13.7. The molecule has 2 fully saturated rings. The standard InChI is InChI=1S/C31H33ClFN5O6/c1-42-30(40)25-5-3-6-26(31(41)43-2)38(25)28(39)7-4-12-34-24-14-20-23(15-27(24)44-16-18-8-9-18)35-17-36-29(20)37-19-10-11-22(33)21(32)13-19/h4,7,10-11,13-15,17-18,25-26,34H,3,5-6,8-9,12,16H2,1-2H3,(H,35,36,37)/b7-4-. The van der Waals surface area contributed by atoms with E-state index in [-0.39, 0.29) is 11.6 Å². The first-order chi connectivity index (χ1) is 21.3. The highest BCUT2D eigenvalue weighted by molar-refractivity contribution is 6.31. The van der Waals surface area contributed by atoms with Crippen LogP contribution in [0.5, 0.6) is 5.75 Å². The minimum absolute atomic E-state index is 0.0202. The lowest BCUT2D eigenvalue weighted by atomic mass is 9.95. The van der Waals surface area contributed by atoms with Gasteiger partial charge in [0, 0.05) is 29.8 Å². The molecule has 1 aromatic heterocycles. The molecule has 11 nitrogen and oxygen atoms in total. The van der Waals surface area contributed by atoms with E-state index in [4.69, 9.17) is 25.8 Å². The van der Waals surface area contributed by atoms with Gasteiger partial charge in [0.15, 0.2) is 0 Å². The van der Waals surface area contributed by atoms with Gasteiger partial charge in [-0.3, -0.25) is 4.79 Å². The van der Waals surface area contributed by atoms with Gasteiger partial charge in [-0.1, -0.05) is 17.7 Å². The fourth-order valence-electron chi connectivity index (χ4n) is 5.10. The molecule has 2 heterocycles. The Bertz CT molecular complexity index is 1560. The van der Waals surface area contributed by atoms with Gasteiger partial charge in [-0.2, -0.15) is 0 Å². The molecule has 1 amide bonds. The van der Waals surface area contributed by atoms with E-state index in [2.05, 4.69) is 20.6 Å². The third-order valence-electron chi connectivity index (χ3n) is 7.59. The fraction of sp³-hybridized carbons (Fsp3) is 0.387. The first-order valence-corrected chi connectivity index (χ1v) is 14.7.